The predicted molar refractivity (Wildman–Crippen MR) is 135 cm³/mol. The Morgan fingerprint density at radius 1 is 1.17 bits per heavy atom. The first-order valence-electron chi connectivity index (χ1n) is 10.9. The number of aliphatic carboxylic acids is 1. The van der Waals surface area contributed by atoms with Crippen LogP contribution in [0.3, 0.4) is 0 Å². The first-order valence-corrected chi connectivity index (χ1v) is 13.5. The molecule has 0 atom stereocenters. The fourth-order valence-electron chi connectivity index (χ4n) is 4.25. The Morgan fingerprint density at radius 3 is 2.77 bits per heavy atom. The molecule has 0 fully saturated rings. The van der Waals surface area contributed by atoms with Crippen LogP contribution in [-0.2, 0) is 20.9 Å². The third kappa shape index (κ3) is 4.32. The minimum atomic E-state index is -0.880. The van der Waals surface area contributed by atoms with Crippen LogP contribution in [0.5, 0.6) is 0 Å². The zero-order valence-corrected chi connectivity index (χ0v) is 21.0. The summed E-state index contributed by atoms with van der Waals surface area (Å²) in [7, 11) is 0. The van der Waals surface area contributed by atoms with Crippen LogP contribution in [-0.4, -0.2) is 45.2 Å². The van der Waals surface area contributed by atoms with Gasteiger partial charge in [-0.2, -0.15) is 0 Å². The number of carboxylic acid groups (broad SMARTS) is 1. The van der Waals surface area contributed by atoms with E-state index in [1.54, 1.807) is 11.8 Å². The van der Waals surface area contributed by atoms with Gasteiger partial charge in [-0.05, 0) is 0 Å². The number of anilines is 1. The number of carboxylic acids is 1. The second-order valence-electron chi connectivity index (χ2n) is 7.82. The van der Waals surface area contributed by atoms with E-state index in [4.69, 9.17) is 4.74 Å². The number of thioether (sulfide) groups is 1. The number of hydrogen-bond acceptors (Lipinski definition) is 6. The summed E-state index contributed by atoms with van der Waals surface area (Å²) >= 11 is 1.38. The van der Waals surface area contributed by atoms with Gasteiger partial charge in [0.2, 0.25) is 0 Å². The molecule has 2 heterocycles. The van der Waals surface area contributed by atoms with Gasteiger partial charge in [-0.25, -0.2) is 0 Å². The van der Waals surface area contributed by atoms with Crippen LogP contribution < -0.4 is 9.47 Å². The van der Waals surface area contributed by atoms with Crippen molar-refractivity contribution in [3.8, 4) is 6.07 Å². The summed E-state index contributed by atoms with van der Waals surface area (Å²) in [5, 5.41) is 22.7. The van der Waals surface area contributed by atoms with Gasteiger partial charge in [-0.15, -0.1) is 0 Å². The van der Waals surface area contributed by atoms with Crippen molar-refractivity contribution in [3.05, 3.63) is 70.3 Å². The fourth-order valence-corrected chi connectivity index (χ4v) is 8.19. The van der Waals surface area contributed by atoms with Crippen molar-refractivity contribution < 1.29 is 24.0 Å². The van der Waals surface area contributed by atoms with Crippen LogP contribution in [0.25, 0.3) is 26.1 Å². The number of carbonyl (C=O) groups excluding carboxylic acids is 1. The van der Waals surface area contributed by atoms with Crippen molar-refractivity contribution in [2.75, 3.05) is 18.1 Å². The van der Waals surface area contributed by atoms with Crippen LogP contribution in [0.15, 0.2) is 70.6 Å². The molecule has 0 bridgehead atoms. The standard InChI is InChI=1S/C26H19N3O4SSe/c27-15-19(26-29(12-11-23(31)32)20-7-3-4-8-22(20)35-26)25-28(13-14-33-16-30)21-10-9-17-5-1-2-6-18(17)24(21)34-25/h1-10,16H,11-14H2/p+1. The monoisotopic (exact) mass is 550 g/mol. The molecule has 35 heavy (non-hydrogen) atoms. The number of benzene rings is 3. The van der Waals surface area contributed by atoms with Crippen molar-refractivity contribution >= 4 is 70.5 Å². The molecular weight excluding hydrogens is 529 g/mol. The second-order valence-corrected chi connectivity index (χ2v) is 11.0. The van der Waals surface area contributed by atoms with Crippen LogP contribution in [0.1, 0.15) is 11.0 Å². The number of aryl methyl sites for hydroxylation is 1. The Bertz CT molecular complexity index is 1540. The maximum atomic E-state index is 11.4. The summed E-state index contributed by atoms with van der Waals surface area (Å²) in [6, 6.07) is 22.6. The van der Waals surface area contributed by atoms with Crippen LogP contribution in [0.2, 0.25) is 0 Å². The van der Waals surface area contributed by atoms with Gasteiger partial charge in [0.1, 0.15) is 0 Å². The van der Waals surface area contributed by atoms with Gasteiger partial charge in [0.05, 0.1) is 0 Å². The van der Waals surface area contributed by atoms with E-state index in [1.165, 1.54) is 0 Å². The number of para-hydroxylation sites is 1. The van der Waals surface area contributed by atoms with Crippen molar-refractivity contribution in [2.45, 2.75) is 17.9 Å². The molecule has 4 aromatic rings. The summed E-state index contributed by atoms with van der Waals surface area (Å²) in [6.07, 6.45) is -0.0309. The van der Waals surface area contributed by atoms with Crippen LogP contribution >= 0.6 is 11.8 Å². The summed E-state index contributed by atoms with van der Waals surface area (Å²) in [5.41, 5.74) is 2.45. The summed E-state index contributed by atoms with van der Waals surface area (Å²) in [6.45, 7) is 1.30. The van der Waals surface area contributed by atoms with E-state index >= 15 is 0 Å². The Balaban J connectivity index is 1.70. The van der Waals surface area contributed by atoms with Gasteiger partial charge in [0, 0.05) is 0 Å². The van der Waals surface area contributed by atoms with E-state index < -0.39 is 5.97 Å². The van der Waals surface area contributed by atoms with E-state index in [1.807, 2.05) is 51.9 Å². The molecule has 174 valence electrons. The Labute approximate surface area is 211 Å². The van der Waals surface area contributed by atoms with E-state index in [0.29, 0.717) is 18.6 Å². The predicted octanol–water partition coefficient (Wildman–Crippen LogP) is 3.79. The molecular formula is C26H20N3O4SSe+. The number of aromatic nitrogens is 1. The molecule has 1 aromatic heterocycles. The number of ether oxygens (including phenoxy) is 1. The molecule has 1 N–H and O–H groups in total. The minimum absolute atomic E-state index is 0.0309. The third-order valence-electron chi connectivity index (χ3n) is 5.79. The molecule has 0 radical (unpaired) electrons. The fraction of sp³-hybridized carbons (Fsp3) is 0.154. The molecule has 7 nitrogen and oxygen atoms in total. The molecule has 1 aliphatic rings. The van der Waals surface area contributed by atoms with Gasteiger partial charge in [-0.1, -0.05) is 0 Å². The molecule has 0 unspecified atom stereocenters. The molecule has 0 spiro atoms. The van der Waals surface area contributed by atoms with Crippen LogP contribution in [0, 0.1) is 11.3 Å². The maximum absolute atomic E-state index is 11.4. The average molecular weight is 549 g/mol. The van der Waals surface area contributed by atoms with E-state index in [-0.39, 0.29) is 34.1 Å². The van der Waals surface area contributed by atoms with Gasteiger partial charge >= 0.3 is 212 Å². The second kappa shape index (κ2) is 9.96. The molecule has 5 rings (SSSR count). The van der Waals surface area contributed by atoms with Gasteiger partial charge in [0.15, 0.2) is 0 Å². The number of allylic oxidation sites excluding steroid dienone is 1. The molecule has 0 saturated heterocycles. The summed E-state index contributed by atoms with van der Waals surface area (Å²) in [5.74, 6) is -0.880. The molecule has 9 heteroatoms. The molecule has 0 aliphatic carbocycles. The van der Waals surface area contributed by atoms with Gasteiger partial charge < -0.3 is 0 Å². The first-order chi connectivity index (χ1) is 17.1. The Morgan fingerprint density at radius 2 is 1.97 bits per heavy atom. The van der Waals surface area contributed by atoms with E-state index in [0.717, 1.165) is 40.7 Å². The zero-order valence-electron chi connectivity index (χ0n) is 18.5. The van der Waals surface area contributed by atoms with Crippen molar-refractivity contribution in [1.29, 1.82) is 5.26 Å². The van der Waals surface area contributed by atoms with Gasteiger partial charge in [-0.3, -0.25) is 0 Å². The summed E-state index contributed by atoms with van der Waals surface area (Å²) < 4.78 is 8.96. The normalized spacial score (nSPS) is 14.1. The van der Waals surface area contributed by atoms with Crippen molar-refractivity contribution in [3.63, 3.8) is 0 Å². The molecule has 0 saturated carbocycles. The molecule has 1 aliphatic heterocycles. The number of rotatable bonds is 8. The van der Waals surface area contributed by atoms with E-state index in [2.05, 4.69) is 24.3 Å². The van der Waals surface area contributed by atoms with Crippen molar-refractivity contribution in [1.82, 2.24) is 0 Å². The van der Waals surface area contributed by atoms with E-state index in [9.17, 15) is 20.0 Å². The van der Waals surface area contributed by atoms with Crippen LogP contribution in [0.4, 0.5) is 5.69 Å². The quantitative estimate of drug-likeness (QED) is 0.118. The summed E-state index contributed by atoms with van der Waals surface area (Å²) in [4.78, 5) is 25.3. The Hall–Kier alpha value is -3.57. The number of carbonyl (C=O) groups is 2. The molecule has 0 amide bonds. The SMILES string of the molecule is N#C/C(=C1/Sc2c(ccc3ccccc23)N1CCOC=O)c1[se]c2ccccc2[n+]1CCC(=O)O. The molecule has 3 aromatic carbocycles. The average Bonchev–Trinajstić information content (AvgIpc) is 3.42. The number of hydrogen-bond donors (Lipinski definition) is 1. The Kier molecular flexibility index (Phi) is 6.60. The number of nitriles is 1. The first kappa shape index (κ1) is 23.2. The number of fused-ring (bicyclic) bond motifs is 4. The zero-order chi connectivity index (χ0) is 24.4. The third-order valence-corrected chi connectivity index (χ3v) is 9.52. The topological polar surface area (TPSA) is 94.5 Å². The van der Waals surface area contributed by atoms with Crippen molar-refractivity contribution in [2.24, 2.45) is 0 Å². The number of nitrogens with zero attached hydrogens (tertiary/aromatic N) is 3. The van der Waals surface area contributed by atoms with Gasteiger partial charge in [0.25, 0.3) is 0 Å².